The average Bonchev–Trinajstić information content (AvgIpc) is 3.15. The van der Waals surface area contributed by atoms with Gasteiger partial charge in [0.05, 0.1) is 6.04 Å². The molecule has 0 aliphatic carbocycles. The topological polar surface area (TPSA) is 124 Å². The normalized spacial score (nSPS) is 12.8. The Kier molecular flexibility index (Phi) is 6.88. The van der Waals surface area contributed by atoms with E-state index < -0.39 is 33.8 Å². The summed E-state index contributed by atoms with van der Waals surface area (Å²) in [7, 11) is -2.46. The minimum atomic E-state index is -4.94. The fraction of sp³-hybridized carbons (Fsp3) is 0.278. The molecule has 2 aromatic heterocycles. The van der Waals surface area contributed by atoms with Crippen molar-refractivity contribution in [3.63, 3.8) is 0 Å². The first-order chi connectivity index (χ1) is 15.3. The fourth-order valence-corrected chi connectivity index (χ4v) is 3.46. The average molecular weight is 504 g/mol. The smallest absolute Gasteiger partial charge is 0.406 e. The summed E-state index contributed by atoms with van der Waals surface area (Å²) in [5.41, 5.74) is -0.150. The lowest BCUT2D eigenvalue weighted by Gasteiger charge is -2.15. The number of hydrogen-bond acceptors (Lipinski definition) is 8. The summed E-state index contributed by atoms with van der Waals surface area (Å²) in [6, 6.07) is 3.74. The molecular weight excluding hydrogens is 487 g/mol. The molecular formula is C18H17ClF3N7O3S. The molecule has 0 bridgehead atoms. The maximum atomic E-state index is 12.6. The van der Waals surface area contributed by atoms with E-state index in [1.807, 2.05) is 0 Å². The van der Waals surface area contributed by atoms with E-state index >= 15 is 0 Å². The first-order valence-corrected chi connectivity index (χ1v) is 11.8. The highest BCUT2D eigenvalue weighted by atomic mass is 35.5. The number of amides is 1. The second-order valence-corrected chi connectivity index (χ2v) is 9.94. The quantitative estimate of drug-likeness (QED) is 0.546. The molecule has 0 radical (unpaired) electrons. The van der Waals surface area contributed by atoms with Crippen LogP contribution in [0, 0.1) is 0 Å². The van der Waals surface area contributed by atoms with Gasteiger partial charge in [-0.05, 0) is 25.1 Å². The third kappa shape index (κ3) is 6.86. The molecule has 10 nitrogen and oxygen atoms in total. The van der Waals surface area contributed by atoms with Gasteiger partial charge in [-0.25, -0.2) is 19.2 Å². The molecule has 1 amide bonds. The predicted molar refractivity (Wildman–Crippen MR) is 113 cm³/mol. The first-order valence-electron chi connectivity index (χ1n) is 9.07. The molecule has 0 aliphatic rings. The summed E-state index contributed by atoms with van der Waals surface area (Å²) in [6.45, 7) is 1.59. The molecule has 3 rings (SSSR count). The third-order valence-electron chi connectivity index (χ3n) is 3.84. The van der Waals surface area contributed by atoms with Crippen molar-refractivity contribution in [1.82, 2.24) is 30.0 Å². The van der Waals surface area contributed by atoms with E-state index in [-0.39, 0.29) is 28.0 Å². The molecule has 3 aromatic rings. The number of carbonyl (C=O) groups excluding carboxylic acids is 1. The van der Waals surface area contributed by atoms with Crippen LogP contribution in [0.25, 0.3) is 5.82 Å². The van der Waals surface area contributed by atoms with Gasteiger partial charge in [0.15, 0.2) is 17.5 Å². The number of rotatable bonds is 6. The lowest BCUT2D eigenvalue weighted by molar-refractivity contribution is -0.274. The number of aromatic nitrogens is 5. The minimum Gasteiger partial charge on any atom is -0.406 e. The Morgan fingerprint density at radius 3 is 2.58 bits per heavy atom. The number of benzene rings is 1. The molecule has 0 spiro atoms. The molecule has 15 heteroatoms. The summed E-state index contributed by atoms with van der Waals surface area (Å²) >= 11 is 5.83. The molecule has 1 aromatic carbocycles. The van der Waals surface area contributed by atoms with Gasteiger partial charge in [-0.2, -0.15) is 14.1 Å². The van der Waals surface area contributed by atoms with Crippen molar-refractivity contribution in [2.45, 2.75) is 19.3 Å². The Labute approximate surface area is 191 Å². The van der Waals surface area contributed by atoms with E-state index in [4.69, 9.17) is 11.6 Å². The molecule has 0 aliphatic heterocycles. The van der Waals surface area contributed by atoms with Crippen LogP contribution in [0.5, 0.6) is 5.75 Å². The number of carbonyl (C=O) groups is 1. The molecule has 0 saturated heterocycles. The van der Waals surface area contributed by atoms with E-state index in [1.165, 1.54) is 42.0 Å². The van der Waals surface area contributed by atoms with Crippen molar-refractivity contribution < 1.29 is 26.9 Å². The Morgan fingerprint density at radius 2 is 1.91 bits per heavy atom. The predicted octanol–water partition coefficient (Wildman–Crippen LogP) is 3.46. The van der Waals surface area contributed by atoms with Gasteiger partial charge in [0.1, 0.15) is 18.4 Å². The summed E-state index contributed by atoms with van der Waals surface area (Å²) in [6.07, 6.45) is 0.409. The largest absolute Gasteiger partial charge is 0.573 e. The van der Waals surface area contributed by atoms with Crippen molar-refractivity contribution in [2.75, 3.05) is 12.5 Å². The Balaban J connectivity index is 1.84. The second kappa shape index (κ2) is 9.31. The van der Waals surface area contributed by atoms with Crippen LogP contribution in [0.1, 0.15) is 29.1 Å². The van der Waals surface area contributed by atoms with Crippen LogP contribution >= 0.6 is 11.6 Å². The highest BCUT2D eigenvalue weighted by Crippen LogP contribution is 2.27. The lowest BCUT2D eigenvalue weighted by atomic mass is 10.2. The zero-order valence-corrected chi connectivity index (χ0v) is 18.9. The van der Waals surface area contributed by atoms with Gasteiger partial charge in [-0.1, -0.05) is 11.6 Å². The number of alkyl halides is 3. The van der Waals surface area contributed by atoms with Crippen molar-refractivity contribution in [2.24, 2.45) is 4.36 Å². The Morgan fingerprint density at radius 1 is 1.18 bits per heavy atom. The minimum absolute atomic E-state index is 0.113. The third-order valence-corrected chi connectivity index (χ3v) is 4.69. The maximum Gasteiger partial charge on any atom is 0.573 e. The summed E-state index contributed by atoms with van der Waals surface area (Å²) in [5.74, 6) is -0.664. The molecule has 0 unspecified atom stereocenters. The molecule has 0 saturated carbocycles. The molecule has 0 fully saturated rings. The number of ether oxygens (including phenoxy) is 1. The van der Waals surface area contributed by atoms with Gasteiger partial charge in [0.25, 0.3) is 5.91 Å². The summed E-state index contributed by atoms with van der Waals surface area (Å²) in [5, 5.41) is 6.57. The standard InChI is InChI=1S/C18H17ClF3N7O3S/c1-10(27-17(30)11-4-12(19)6-13(5-11)32-18(20,21)22)16-25-9-26-29(16)15-7-14(23-8-24-15)28-33(2,3)31/h4-10H,1-3H3,(H,27,30)/t10-/m0/s1. The van der Waals surface area contributed by atoms with Crippen molar-refractivity contribution in [1.29, 1.82) is 0 Å². The first kappa shape index (κ1) is 24.4. The number of halogens is 4. The lowest BCUT2D eigenvalue weighted by Crippen LogP contribution is -2.29. The molecule has 33 heavy (non-hydrogen) atoms. The Hall–Kier alpha value is -3.26. The van der Waals surface area contributed by atoms with Crippen LogP contribution < -0.4 is 10.1 Å². The van der Waals surface area contributed by atoms with Crippen molar-refractivity contribution >= 4 is 33.1 Å². The number of nitrogens with one attached hydrogen (secondary N) is 1. The van der Waals surface area contributed by atoms with E-state index in [0.717, 1.165) is 12.1 Å². The summed E-state index contributed by atoms with van der Waals surface area (Å²) < 4.78 is 58.6. The van der Waals surface area contributed by atoms with E-state index in [0.29, 0.717) is 0 Å². The van der Waals surface area contributed by atoms with Gasteiger partial charge >= 0.3 is 6.36 Å². The Bertz CT molecular complexity index is 1300. The monoisotopic (exact) mass is 503 g/mol. The van der Waals surface area contributed by atoms with Crippen LogP contribution in [-0.2, 0) is 9.73 Å². The van der Waals surface area contributed by atoms with Gasteiger partial charge in [0.2, 0.25) is 0 Å². The SMILES string of the molecule is C[C@H](NC(=O)c1cc(Cl)cc(OC(F)(F)F)c1)c1ncnn1-c1cc(N=S(C)(C)=O)ncn1. The zero-order valence-electron chi connectivity index (χ0n) is 17.4. The van der Waals surface area contributed by atoms with Crippen molar-refractivity contribution in [3.8, 4) is 11.6 Å². The van der Waals surface area contributed by atoms with Crippen LogP contribution in [-0.4, -0.2) is 53.7 Å². The molecule has 176 valence electrons. The summed E-state index contributed by atoms with van der Waals surface area (Å²) in [4.78, 5) is 24.8. The van der Waals surface area contributed by atoms with Gasteiger partial charge in [-0.15, -0.1) is 13.2 Å². The number of hydrogen-bond donors (Lipinski definition) is 1. The fourth-order valence-electron chi connectivity index (χ4n) is 2.68. The molecule has 1 N–H and O–H groups in total. The van der Waals surface area contributed by atoms with E-state index in [1.54, 1.807) is 6.92 Å². The maximum absolute atomic E-state index is 12.6. The van der Waals surface area contributed by atoms with Crippen LogP contribution in [0.4, 0.5) is 19.0 Å². The number of nitrogens with zero attached hydrogens (tertiary/aromatic N) is 6. The molecule has 2 heterocycles. The van der Waals surface area contributed by atoms with Gasteiger partial charge < -0.3 is 10.1 Å². The van der Waals surface area contributed by atoms with Gasteiger partial charge in [0, 0.05) is 38.9 Å². The zero-order chi connectivity index (χ0) is 24.4. The molecule has 1 atom stereocenters. The highest BCUT2D eigenvalue weighted by Gasteiger charge is 2.31. The van der Waals surface area contributed by atoms with Gasteiger partial charge in [-0.3, -0.25) is 4.79 Å². The van der Waals surface area contributed by atoms with Crippen LogP contribution in [0.3, 0.4) is 0 Å². The van der Waals surface area contributed by atoms with Crippen LogP contribution in [0.15, 0.2) is 41.3 Å². The van der Waals surface area contributed by atoms with Crippen LogP contribution in [0.2, 0.25) is 5.02 Å². The van der Waals surface area contributed by atoms with E-state index in [9.17, 15) is 22.2 Å². The van der Waals surface area contributed by atoms with Crippen molar-refractivity contribution in [3.05, 3.63) is 53.3 Å². The second-order valence-electron chi connectivity index (χ2n) is 6.96. The van der Waals surface area contributed by atoms with E-state index in [2.05, 4.69) is 34.5 Å². The highest BCUT2D eigenvalue weighted by molar-refractivity contribution is 7.92.